The van der Waals surface area contributed by atoms with Crippen LogP contribution in [-0.4, -0.2) is 57.3 Å². The first-order valence-electron chi connectivity index (χ1n) is 11.4. The van der Waals surface area contributed by atoms with Gasteiger partial charge >= 0.3 is 0 Å². The first-order chi connectivity index (χ1) is 15.6. The number of likely N-dealkylation sites (tertiary alicyclic amines) is 1. The zero-order valence-corrected chi connectivity index (χ0v) is 18.6. The Hall–Kier alpha value is -3.23. The Morgan fingerprint density at radius 2 is 1.69 bits per heavy atom. The molecular weight excluding hydrogens is 408 g/mol. The minimum absolute atomic E-state index is 0.105. The van der Waals surface area contributed by atoms with Crippen LogP contribution in [0.25, 0.3) is 11.3 Å². The van der Waals surface area contributed by atoms with Crippen molar-refractivity contribution in [3.63, 3.8) is 0 Å². The first-order valence-corrected chi connectivity index (χ1v) is 11.4. The van der Waals surface area contributed by atoms with Gasteiger partial charge in [0.15, 0.2) is 5.76 Å². The number of carbonyl (C=O) groups excluding carboxylic acids is 1. The van der Waals surface area contributed by atoms with Gasteiger partial charge < -0.3 is 18.8 Å². The number of rotatable bonds is 4. The average Bonchev–Trinajstić information content (AvgIpc) is 3.47. The molecule has 2 fully saturated rings. The van der Waals surface area contributed by atoms with Gasteiger partial charge in [-0.3, -0.25) is 4.79 Å². The number of carbonyl (C=O) groups is 1. The molecule has 0 aliphatic carbocycles. The molecule has 0 N–H and O–H groups in total. The lowest BCUT2D eigenvalue weighted by molar-refractivity contribution is 0.0670. The summed E-state index contributed by atoms with van der Waals surface area (Å²) in [5.74, 6) is 1.89. The lowest BCUT2D eigenvalue weighted by Crippen LogP contribution is -2.38. The molecule has 32 heavy (non-hydrogen) atoms. The van der Waals surface area contributed by atoms with Crippen LogP contribution in [0, 0.1) is 13.8 Å². The number of hydrogen-bond donors (Lipinski definition) is 0. The monoisotopic (exact) mass is 436 g/mol. The van der Waals surface area contributed by atoms with Crippen molar-refractivity contribution in [3.05, 3.63) is 41.2 Å². The van der Waals surface area contributed by atoms with Crippen LogP contribution in [0.3, 0.4) is 0 Å². The predicted octanol–water partition coefficient (Wildman–Crippen LogP) is 3.75. The van der Waals surface area contributed by atoms with Crippen molar-refractivity contribution < 1.29 is 13.8 Å². The lowest BCUT2D eigenvalue weighted by atomic mass is 9.90. The van der Waals surface area contributed by atoms with E-state index in [1.807, 2.05) is 31.0 Å². The SMILES string of the molecule is Cc1cc(C(=O)N2CCC(c3nc(N4CCCCC4)ncc3-c3cc(C)no3)CC2)on1. The molecule has 0 atom stereocenters. The van der Waals surface area contributed by atoms with Crippen LogP contribution in [0.4, 0.5) is 5.95 Å². The van der Waals surface area contributed by atoms with E-state index in [9.17, 15) is 4.79 Å². The number of nitrogens with zero attached hydrogens (tertiary/aromatic N) is 6. The van der Waals surface area contributed by atoms with Gasteiger partial charge in [-0.1, -0.05) is 10.3 Å². The summed E-state index contributed by atoms with van der Waals surface area (Å²) < 4.78 is 10.7. The van der Waals surface area contributed by atoms with E-state index in [0.29, 0.717) is 30.3 Å². The van der Waals surface area contributed by atoms with E-state index in [0.717, 1.165) is 48.8 Å². The van der Waals surface area contributed by atoms with Crippen molar-refractivity contribution in [3.8, 4) is 11.3 Å². The number of aromatic nitrogens is 4. The molecule has 3 aromatic heterocycles. The van der Waals surface area contributed by atoms with E-state index < -0.39 is 0 Å². The Morgan fingerprint density at radius 1 is 0.969 bits per heavy atom. The Balaban J connectivity index is 1.39. The van der Waals surface area contributed by atoms with Crippen LogP contribution >= 0.6 is 0 Å². The third-order valence-corrected chi connectivity index (χ3v) is 6.35. The van der Waals surface area contributed by atoms with E-state index in [4.69, 9.17) is 14.0 Å². The van der Waals surface area contributed by atoms with Crippen LogP contribution in [-0.2, 0) is 0 Å². The third-order valence-electron chi connectivity index (χ3n) is 6.35. The molecule has 2 saturated heterocycles. The van der Waals surface area contributed by atoms with E-state index >= 15 is 0 Å². The molecule has 2 aliphatic rings. The van der Waals surface area contributed by atoms with Crippen molar-refractivity contribution in [2.45, 2.75) is 51.9 Å². The number of amides is 1. The fraction of sp³-hybridized carbons (Fsp3) is 0.522. The minimum atomic E-state index is -0.105. The number of hydrogen-bond acceptors (Lipinski definition) is 8. The van der Waals surface area contributed by atoms with E-state index in [1.165, 1.54) is 19.3 Å². The Bertz CT molecular complexity index is 1090. The highest BCUT2D eigenvalue weighted by atomic mass is 16.5. The minimum Gasteiger partial charge on any atom is -0.356 e. The zero-order chi connectivity index (χ0) is 22.1. The maximum Gasteiger partial charge on any atom is 0.292 e. The van der Waals surface area contributed by atoms with Crippen molar-refractivity contribution in [1.29, 1.82) is 0 Å². The molecule has 0 spiro atoms. The summed E-state index contributed by atoms with van der Waals surface area (Å²) in [6.45, 7) is 6.98. The maximum absolute atomic E-state index is 12.7. The smallest absolute Gasteiger partial charge is 0.292 e. The zero-order valence-electron chi connectivity index (χ0n) is 18.6. The topological polar surface area (TPSA) is 101 Å². The fourth-order valence-corrected chi connectivity index (χ4v) is 4.60. The standard InChI is InChI=1S/C23H28N6O3/c1-15-12-19(31-26-15)18-14-24-23(29-8-4-3-5-9-29)25-21(18)17-6-10-28(11-7-17)22(30)20-13-16(2)27-32-20/h12-14,17H,3-11H2,1-2H3. The highest BCUT2D eigenvalue weighted by Crippen LogP contribution is 2.35. The molecule has 2 aliphatic heterocycles. The number of anilines is 1. The summed E-state index contributed by atoms with van der Waals surface area (Å²) in [4.78, 5) is 26.6. The van der Waals surface area contributed by atoms with Gasteiger partial charge in [0.25, 0.3) is 5.91 Å². The Labute approximate surface area is 186 Å². The van der Waals surface area contributed by atoms with Crippen LogP contribution in [0.2, 0.25) is 0 Å². The van der Waals surface area contributed by atoms with Crippen molar-refractivity contribution in [2.75, 3.05) is 31.1 Å². The van der Waals surface area contributed by atoms with Gasteiger partial charge in [0.05, 0.1) is 22.6 Å². The van der Waals surface area contributed by atoms with E-state index in [2.05, 4.69) is 20.2 Å². The van der Waals surface area contributed by atoms with Gasteiger partial charge in [-0.2, -0.15) is 0 Å². The highest BCUT2D eigenvalue weighted by molar-refractivity contribution is 5.91. The number of aryl methyl sites for hydroxylation is 2. The summed E-state index contributed by atoms with van der Waals surface area (Å²) in [6, 6.07) is 3.61. The molecule has 0 saturated carbocycles. The molecule has 0 bridgehead atoms. The molecule has 0 radical (unpaired) electrons. The normalized spacial score (nSPS) is 17.7. The summed E-state index contributed by atoms with van der Waals surface area (Å²) >= 11 is 0. The molecule has 0 unspecified atom stereocenters. The van der Waals surface area contributed by atoms with Gasteiger partial charge in [-0.05, 0) is 46.0 Å². The molecular formula is C23H28N6O3. The Kier molecular flexibility index (Phi) is 5.63. The largest absolute Gasteiger partial charge is 0.356 e. The molecule has 9 heteroatoms. The molecule has 0 aromatic carbocycles. The van der Waals surface area contributed by atoms with Crippen LogP contribution in [0.15, 0.2) is 27.4 Å². The van der Waals surface area contributed by atoms with Crippen molar-refractivity contribution in [1.82, 2.24) is 25.2 Å². The Morgan fingerprint density at radius 3 is 2.34 bits per heavy atom. The third kappa shape index (κ3) is 4.11. The summed E-state index contributed by atoms with van der Waals surface area (Å²) in [7, 11) is 0. The maximum atomic E-state index is 12.7. The quantitative estimate of drug-likeness (QED) is 0.609. The van der Waals surface area contributed by atoms with Gasteiger partial charge in [0.2, 0.25) is 11.7 Å². The van der Waals surface area contributed by atoms with Gasteiger partial charge in [-0.15, -0.1) is 0 Å². The van der Waals surface area contributed by atoms with E-state index in [1.54, 1.807) is 6.07 Å². The van der Waals surface area contributed by atoms with Gasteiger partial charge in [-0.25, -0.2) is 9.97 Å². The molecule has 3 aromatic rings. The van der Waals surface area contributed by atoms with Gasteiger partial charge in [0.1, 0.15) is 0 Å². The second kappa shape index (κ2) is 8.72. The summed E-state index contributed by atoms with van der Waals surface area (Å²) in [5.41, 5.74) is 3.41. The van der Waals surface area contributed by atoms with Crippen molar-refractivity contribution >= 4 is 11.9 Å². The van der Waals surface area contributed by atoms with Gasteiger partial charge in [0, 0.05) is 50.4 Å². The average molecular weight is 437 g/mol. The summed E-state index contributed by atoms with van der Waals surface area (Å²) in [6.07, 6.45) is 7.11. The molecule has 5 rings (SSSR count). The first kappa shape index (κ1) is 20.7. The molecule has 5 heterocycles. The predicted molar refractivity (Wildman–Crippen MR) is 117 cm³/mol. The second-order valence-electron chi connectivity index (χ2n) is 8.75. The highest BCUT2D eigenvalue weighted by Gasteiger charge is 2.30. The fourth-order valence-electron chi connectivity index (χ4n) is 4.60. The molecule has 168 valence electrons. The van der Waals surface area contributed by atoms with Crippen LogP contribution in [0.5, 0.6) is 0 Å². The summed E-state index contributed by atoms with van der Waals surface area (Å²) in [5, 5.41) is 7.89. The van der Waals surface area contributed by atoms with E-state index in [-0.39, 0.29) is 11.8 Å². The van der Waals surface area contributed by atoms with Crippen LogP contribution in [0.1, 0.15) is 65.7 Å². The lowest BCUT2D eigenvalue weighted by Gasteiger charge is -2.32. The number of piperidine rings is 2. The van der Waals surface area contributed by atoms with Crippen LogP contribution < -0.4 is 4.90 Å². The van der Waals surface area contributed by atoms with Crippen molar-refractivity contribution in [2.24, 2.45) is 0 Å². The molecule has 9 nitrogen and oxygen atoms in total. The second-order valence-corrected chi connectivity index (χ2v) is 8.75. The molecule has 1 amide bonds.